The average molecular weight is 277 g/mol. The Morgan fingerprint density at radius 1 is 1.44 bits per heavy atom. The van der Waals surface area contributed by atoms with Gasteiger partial charge in [0.2, 0.25) is 5.91 Å². The van der Waals surface area contributed by atoms with E-state index >= 15 is 0 Å². The van der Waals surface area contributed by atoms with Gasteiger partial charge >= 0.3 is 0 Å². The highest BCUT2D eigenvalue weighted by molar-refractivity contribution is 5.91. The van der Waals surface area contributed by atoms with Crippen LogP contribution in [0.15, 0.2) is 18.2 Å². The molecule has 1 aromatic carbocycles. The minimum atomic E-state index is -1.01. The summed E-state index contributed by atoms with van der Waals surface area (Å²) in [5, 5.41) is 5.54. The first-order valence-electron chi connectivity index (χ1n) is 5.61. The number of carbonyl (C=O) groups excluding carboxylic acids is 1. The molecule has 1 fully saturated rings. The van der Waals surface area contributed by atoms with Gasteiger partial charge in [0.15, 0.2) is 11.6 Å². The molecule has 2 rings (SSSR count). The maximum absolute atomic E-state index is 13.3. The zero-order valence-electron chi connectivity index (χ0n) is 9.71. The Morgan fingerprint density at radius 2 is 2.22 bits per heavy atom. The van der Waals surface area contributed by atoms with E-state index in [0.717, 1.165) is 25.6 Å². The number of anilines is 1. The molecule has 1 saturated heterocycles. The van der Waals surface area contributed by atoms with Gasteiger partial charge in [-0.15, -0.1) is 12.4 Å². The molecule has 0 spiro atoms. The van der Waals surface area contributed by atoms with Gasteiger partial charge in [0, 0.05) is 6.42 Å². The van der Waals surface area contributed by atoms with E-state index in [2.05, 4.69) is 10.6 Å². The van der Waals surface area contributed by atoms with Crippen molar-refractivity contribution in [3.05, 3.63) is 29.8 Å². The van der Waals surface area contributed by atoms with E-state index in [-0.39, 0.29) is 29.9 Å². The SMILES string of the molecule is Cl.O=C(CC1CCNC1)Nc1cccc(F)c1F. The lowest BCUT2D eigenvalue weighted by Gasteiger charge is -2.09. The van der Waals surface area contributed by atoms with Crippen LogP contribution < -0.4 is 10.6 Å². The summed E-state index contributed by atoms with van der Waals surface area (Å²) in [5.74, 6) is -1.95. The zero-order chi connectivity index (χ0) is 12.3. The molecule has 0 aromatic heterocycles. The number of hydrogen-bond donors (Lipinski definition) is 2. The Balaban J connectivity index is 0.00000162. The van der Waals surface area contributed by atoms with Crippen molar-refractivity contribution in [1.29, 1.82) is 0 Å². The van der Waals surface area contributed by atoms with Crippen LogP contribution in [0, 0.1) is 17.6 Å². The van der Waals surface area contributed by atoms with Crippen LogP contribution in [-0.4, -0.2) is 19.0 Å². The van der Waals surface area contributed by atoms with Crippen molar-refractivity contribution in [3.63, 3.8) is 0 Å². The molecule has 0 aliphatic carbocycles. The van der Waals surface area contributed by atoms with Gasteiger partial charge in [0.1, 0.15) is 0 Å². The monoisotopic (exact) mass is 276 g/mol. The summed E-state index contributed by atoms with van der Waals surface area (Å²) >= 11 is 0. The first-order valence-corrected chi connectivity index (χ1v) is 5.61. The molecule has 0 bridgehead atoms. The summed E-state index contributed by atoms with van der Waals surface area (Å²) in [4.78, 5) is 11.6. The van der Waals surface area contributed by atoms with Crippen LogP contribution in [-0.2, 0) is 4.79 Å². The lowest BCUT2D eigenvalue weighted by molar-refractivity contribution is -0.117. The molecule has 100 valence electrons. The van der Waals surface area contributed by atoms with E-state index in [9.17, 15) is 13.6 Å². The third-order valence-electron chi connectivity index (χ3n) is 2.86. The topological polar surface area (TPSA) is 41.1 Å². The third kappa shape index (κ3) is 3.65. The quantitative estimate of drug-likeness (QED) is 0.890. The van der Waals surface area contributed by atoms with Crippen molar-refractivity contribution in [3.8, 4) is 0 Å². The van der Waals surface area contributed by atoms with Crippen LogP contribution in [0.4, 0.5) is 14.5 Å². The molecule has 3 nitrogen and oxygen atoms in total. The molecule has 1 aromatic rings. The Bertz CT molecular complexity index is 423. The molecule has 1 aliphatic rings. The van der Waals surface area contributed by atoms with Crippen molar-refractivity contribution < 1.29 is 13.6 Å². The van der Waals surface area contributed by atoms with Crippen LogP contribution in [0.2, 0.25) is 0 Å². The molecule has 0 saturated carbocycles. The van der Waals surface area contributed by atoms with E-state index in [1.54, 1.807) is 0 Å². The Morgan fingerprint density at radius 3 is 2.89 bits per heavy atom. The Labute approximate surface area is 110 Å². The molecule has 1 aliphatic heterocycles. The standard InChI is InChI=1S/C12H14F2N2O.ClH/c13-9-2-1-3-10(12(9)14)16-11(17)6-8-4-5-15-7-8;/h1-3,8,15H,4-7H2,(H,16,17);1H. The third-order valence-corrected chi connectivity index (χ3v) is 2.86. The Kier molecular flexibility index (Phi) is 5.50. The molecule has 1 unspecified atom stereocenters. The van der Waals surface area contributed by atoms with Crippen LogP contribution in [0.3, 0.4) is 0 Å². The normalized spacial score (nSPS) is 18.2. The van der Waals surface area contributed by atoms with Crippen molar-refractivity contribution in [2.45, 2.75) is 12.8 Å². The number of amides is 1. The molecule has 1 atom stereocenters. The van der Waals surface area contributed by atoms with Crippen molar-refractivity contribution in [2.75, 3.05) is 18.4 Å². The predicted molar refractivity (Wildman–Crippen MR) is 67.8 cm³/mol. The summed E-state index contributed by atoms with van der Waals surface area (Å²) < 4.78 is 26.2. The maximum atomic E-state index is 13.3. The number of halogens is 3. The number of nitrogens with one attached hydrogen (secondary N) is 2. The average Bonchev–Trinajstić information content (AvgIpc) is 2.77. The maximum Gasteiger partial charge on any atom is 0.224 e. The highest BCUT2D eigenvalue weighted by Gasteiger charge is 2.19. The molecule has 1 heterocycles. The van der Waals surface area contributed by atoms with Gasteiger partial charge in [0.25, 0.3) is 0 Å². The van der Waals surface area contributed by atoms with E-state index < -0.39 is 11.6 Å². The van der Waals surface area contributed by atoms with Gasteiger partial charge < -0.3 is 10.6 Å². The van der Waals surface area contributed by atoms with E-state index in [0.29, 0.717) is 6.42 Å². The molecule has 18 heavy (non-hydrogen) atoms. The summed E-state index contributed by atoms with van der Waals surface area (Å²) in [7, 11) is 0. The smallest absolute Gasteiger partial charge is 0.224 e. The zero-order valence-corrected chi connectivity index (χ0v) is 10.5. The fraction of sp³-hybridized carbons (Fsp3) is 0.417. The molecule has 2 N–H and O–H groups in total. The number of carbonyl (C=O) groups is 1. The first kappa shape index (κ1) is 14.9. The number of benzene rings is 1. The Hall–Kier alpha value is -1.20. The van der Waals surface area contributed by atoms with Crippen LogP contribution >= 0.6 is 12.4 Å². The molecule has 1 amide bonds. The summed E-state index contributed by atoms with van der Waals surface area (Å²) in [6.07, 6.45) is 1.28. The minimum absolute atomic E-state index is 0. The van der Waals surface area contributed by atoms with Gasteiger partial charge in [-0.25, -0.2) is 8.78 Å². The highest BCUT2D eigenvalue weighted by atomic mass is 35.5. The second-order valence-electron chi connectivity index (χ2n) is 4.21. The minimum Gasteiger partial charge on any atom is -0.323 e. The largest absolute Gasteiger partial charge is 0.323 e. The highest BCUT2D eigenvalue weighted by Crippen LogP contribution is 2.18. The lowest BCUT2D eigenvalue weighted by atomic mass is 10.0. The van der Waals surface area contributed by atoms with E-state index in [1.807, 2.05) is 0 Å². The summed E-state index contributed by atoms with van der Waals surface area (Å²) in [6, 6.07) is 3.74. The van der Waals surface area contributed by atoms with E-state index in [1.165, 1.54) is 12.1 Å². The summed E-state index contributed by atoms with van der Waals surface area (Å²) in [6.45, 7) is 1.71. The fourth-order valence-electron chi connectivity index (χ4n) is 1.95. The van der Waals surface area contributed by atoms with Gasteiger partial charge in [0.05, 0.1) is 5.69 Å². The second kappa shape index (κ2) is 6.66. The van der Waals surface area contributed by atoms with E-state index in [4.69, 9.17) is 0 Å². The first-order chi connectivity index (χ1) is 8.16. The molecule has 0 radical (unpaired) electrons. The van der Waals surface area contributed by atoms with Crippen molar-refractivity contribution in [1.82, 2.24) is 5.32 Å². The number of hydrogen-bond acceptors (Lipinski definition) is 2. The summed E-state index contributed by atoms with van der Waals surface area (Å²) in [5.41, 5.74) is -0.0963. The van der Waals surface area contributed by atoms with Crippen LogP contribution in [0.5, 0.6) is 0 Å². The second-order valence-corrected chi connectivity index (χ2v) is 4.21. The molecule has 6 heteroatoms. The van der Waals surface area contributed by atoms with Gasteiger partial charge in [-0.05, 0) is 37.6 Å². The van der Waals surface area contributed by atoms with Gasteiger partial charge in [-0.3, -0.25) is 4.79 Å². The van der Waals surface area contributed by atoms with Gasteiger partial charge in [-0.1, -0.05) is 6.07 Å². The molecular weight excluding hydrogens is 262 g/mol. The molecular formula is C12H15ClF2N2O. The fourth-order valence-corrected chi connectivity index (χ4v) is 1.95. The van der Waals surface area contributed by atoms with Gasteiger partial charge in [-0.2, -0.15) is 0 Å². The van der Waals surface area contributed by atoms with Crippen molar-refractivity contribution in [2.24, 2.45) is 5.92 Å². The lowest BCUT2D eigenvalue weighted by Crippen LogP contribution is -2.19. The van der Waals surface area contributed by atoms with Crippen molar-refractivity contribution >= 4 is 24.0 Å². The predicted octanol–water partition coefficient (Wildman–Crippen LogP) is 2.32. The van der Waals surface area contributed by atoms with Crippen LogP contribution in [0.25, 0.3) is 0 Å². The number of rotatable bonds is 3. The van der Waals surface area contributed by atoms with Crippen LogP contribution in [0.1, 0.15) is 12.8 Å².